The molecule has 0 radical (unpaired) electrons. The number of hydrogen-bond acceptors (Lipinski definition) is 3. The Balaban J connectivity index is 1.24. The van der Waals surface area contributed by atoms with E-state index < -0.39 is 0 Å². The monoisotopic (exact) mass is 736 g/mol. The lowest BCUT2D eigenvalue weighted by molar-refractivity contribution is 1.10. The molecular weight excluding hydrogens is 693 g/mol. The van der Waals surface area contributed by atoms with Crippen molar-refractivity contribution in [2.45, 2.75) is 27.7 Å². The zero-order valence-electron chi connectivity index (χ0n) is 32.8. The van der Waals surface area contributed by atoms with Gasteiger partial charge >= 0.3 is 0 Å². The standard InChI is InChI=1S/C53H44N4/c1-37-14-26-45(27-15-37)55(46-28-16-38(2)17-29-46)49-34-43(35-50(36-49)56(47-30-18-39(3)19-31-47)48-32-20-40(4)21-33-48)41-22-24-42(25-23-41)53-54-51-12-8-9-13-52(51)57(53)44-10-6-5-7-11-44/h5-36H,1-4H3. The average Bonchev–Trinajstić information content (AvgIpc) is 3.64. The molecule has 57 heavy (non-hydrogen) atoms. The number of hydrogen-bond donors (Lipinski definition) is 0. The Morgan fingerprint density at radius 1 is 0.351 bits per heavy atom. The van der Waals surface area contributed by atoms with Crippen molar-refractivity contribution in [1.29, 1.82) is 0 Å². The lowest BCUT2D eigenvalue weighted by Gasteiger charge is -2.30. The van der Waals surface area contributed by atoms with Gasteiger partial charge in [-0.1, -0.05) is 125 Å². The summed E-state index contributed by atoms with van der Waals surface area (Å²) in [6, 6.07) is 69.9. The predicted octanol–water partition coefficient (Wildman–Crippen LogP) is 14.5. The molecule has 0 saturated carbocycles. The predicted molar refractivity (Wildman–Crippen MR) is 240 cm³/mol. The number of imidazole rings is 1. The molecule has 4 heteroatoms. The summed E-state index contributed by atoms with van der Waals surface area (Å²) in [4.78, 5) is 9.88. The third-order valence-electron chi connectivity index (χ3n) is 10.6. The SMILES string of the molecule is Cc1ccc(N(c2ccc(C)cc2)c2cc(-c3ccc(-c4nc5ccccc5n4-c4ccccc4)cc3)cc(N(c3ccc(C)cc3)c3ccc(C)cc3)c2)cc1. The van der Waals surface area contributed by atoms with E-state index in [0.717, 1.165) is 73.4 Å². The van der Waals surface area contributed by atoms with Gasteiger partial charge in [-0.15, -0.1) is 0 Å². The highest BCUT2D eigenvalue weighted by Gasteiger charge is 2.20. The highest BCUT2D eigenvalue weighted by atomic mass is 15.2. The van der Waals surface area contributed by atoms with Crippen LogP contribution >= 0.6 is 0 Å². The van der Waals surface area contributed by atoms with Crippen LogP contribution in [0.15, 0.2) is 194 Å². The van der Waals surface area contributed by atoms with E-state index in [1.807, 2.05) is 0 Å². The molecule has 8 aromatic carbocycles. The first-order valence-electron chi connectivity index (χ1n) is 19.5. The summed E-state index contributed by atoms with van der Waals surface area (Å²) in [5.74, 6) is 0.915. The molecule has 0 bridgehead atoms. The van der Waals surface area contributed by atoms with Crippen molar-refractivity contribution in [2.75, 3.05) is 9.80 Å². The smallest absolute Gasteiger partial charge is 0.145 e. The van der Waals surface area contributed by atoms with Gasteiger partial charge in [0.05, 0.1) is 11.0 Å². The highest BCUT2D eigenvalue weighted by molar-refractivity contribution is 5.88. The molecule has 276 valence electrons. The third-order valence-corrected chi connectivity index (χ3v) is 10.6. The van der Waals surface area contributed by atoms with Gasteiger partial charge in [-0.3, -0.25) is 4.57 Å². The largest absolute Gasteiger partial charge is 0.310 e. The number of aryl methyl sites for hydroxylation is 4. The second-order valence-electron chi connectivity index (χ2n) is 14.9. The van der Waals surface area contributed by atoms with Gasteiger partial charge in [0.25, 0.3) is 0 Å². The first-order chi connectivity index (χ1) is 27.9. The maximum Gasteiger partial charge on any atom is 0.145 e. The molecule has 1 heterocycles. The summed E-state index contributed by atoms with van der Waals surface area (Å²) in [5, 5.41) is 0. The first-order valence-corrected chi connectivity index (χ1v) is 19.5. The number of rotatable bonds is 9. The summed E-state index contributed by atoms with van der Waals surface area (Å²) in [7, 11) is 0. The third kappa shape index (κ3) is 7.21. The van der Waals surface area contributed by atoms with Crippen molar-refractivity contribution in [3.8, 4) is 28.2 Å². The summed E-state index contributed by atoms with van der Waals surface area (Å²) in [6.45, 7) is 8.55. The van der Waals surface area contributed by atoms with E-state index in [-0.39, 0.29) is 0 Å². The van der Waals surface area contributed by atoms with Crippen molar-refractivity contribution in [3.05, 3.63) is 216 Å². The zero-order chi connectivity index (χ0) is 38.9. The Bertz CT molecular complexity index is 2580. The van der Waals surface area contributed by atoms with Gasteiger partial charge in [0.1, 0.15) is 5.82 Å². The van der Waals surface area contributed by atoms with Crippen molar-refractivity contribution in [3.63, 3.8) is 0 Å². The van der Waals surface area contributed by atoms with Gasteiger partial charge in [-0.25, -0.2) is 4.98 Å². The number of aromatic nitrogens is 2. The fourth-order valence-electron chi connectivity index (χ4n) is 7.56. The van der Waals surface area contributed by atoms with E-state index in [1.165, 1.54) is 22.3 Å². The molecule has 9 aromatic rings. The Morgan fingerprint density at radius 3 is 1.21 bits per heavy atom. The van der Waals surface area contributed by atoms with Crippen LogP contribution in [0.25, 0.3) is 39.2 Å². The van der Waals surface area contributed by atoms with Gasteiger partial charge < -0.3 is 9.80 Å². The van der Waals surface area contributed by atoms with Crippen LogP contribution < -0.4 is 9.80 Å². The Kier molecular flexibility index (Phi) is 9.45. The van der Waals surface area contributed by atoms with E-state index in [9.17, 15) is 0 Å². The number of fused-ring (bicyclic) bond motifs is 1. The molecule has 4 nitrogen and oxygen atoms in total. The van der Waals surface area contributed by atoms with Gasteiger partial charge in [0.2, 0.25) is 0 Å². The van der Waals surface area contributed by atoms with Gasteiger partial charge in [0.15, 0.2) is 0 Å². The van der Waals surface area contributed by atoms with Crippen LogP contribution in [0.3, 0.4) is 0 Å². The Morgan fingerprint density at radius 2 is 0.754 bits per heavy atom. The number of nitrogens with zero attached hydrogens (tertiary/aromatic N) is 4. The van der Waals surface area contributed by atoms with Crippen molar-refractivity contribution in [1.82, 2.24) is 9.55 Å². The molecule has 0 fully saturated rings. The Labute approximate surface area is 335 Å². The van der Waals surface area contributed by atoms with Crippen LogP contribution in [0, 0.1) is 27.7 Å². The number of anilines is 6. The second kappa shape index (κ2) is 15.2. The van der Waals surface area contributed by atoms with E-state index in [2.05, 4.69) is 236 Å². The highest BCUT2D eigenvalue weighted by Crippen LogP contribution is 2.43. The molecule has 0 N–H and O–H groups in total. The number of para-hydroxylation sites is 3. The van der Waals surface area contributed by atoms with Crippen LogP contribution in [0.4, 0.5) is 34.1 Å². The molecule has 0 aliphatic carbocycles. The van der Waals surface area contributed by atoms with Gasteiger partial charge in [-0.05, 0) is 130 Å². The van der Waals surface area contributed by atoms with Crippen LogP contribution in [-0.4, -0.2) is 9.55 Å². The van der Waals surface area contributed by atoms with E-state index >= 15 is 0 Å². The lowest BCUT2D eigenvalue weighted by Crippen LogP contribution is -2.13. The maximum atomic E-state index is 5.14. The topological polar surface area (TPSA) is 24.3 Å². The second-order valence-corrected chi connectivity index (χ2v) is 14.9. The van der Waals surface area contributed by atoms with Crippen LogP contribution in [0.2, 0.25) is 0 Å². The molecule has 9 rings (SSSR count). The molecule has 1 aromatic heterocycles. The van der Waals surface area contributed by atoms with Gasteiger partial charge in [0, 0.05) is 45.4 Å². The summed E-state index contributed by atoms with van der Waals surface area (Å²) < 4.78 is 2.26. The van der Waals surface area contributed by atoms with Crippen LogP contribution in [-0.2, 0) is 0 Å². The molecule has 0 saturated heterocycles. The molecule has 0 aliphatic rings. The zero-order valence-corrected chi connectivity index (χ0v) is 32.8. The summed E-state index contributed by atoms with van der Waals surface area (Å²) in [6.07, 6.45) is 0. The van der Waals surface area contributed by atoms with Crippen molar-refractivity contribution >= 4 is 45.2 Å². The average molecular weight is 737 g/mol. The van der Waals surface area contributed by atoms with Crippen LogP contribution in [0.5, 0.6) is 0 Å². The Hall–Kier alpha value is -7.17. The quantitative estimate of drug-likeness (QED) is 0.147. The lowest BCUT2D eigenvalue weighted by atomic mass is 10.00. The molecule has 0 amide bonds. The first kappa shape index (κ1) is 35.5. The molecule has 0 aliphatic heterocycles. The fraction of sp³-hybridized carbons (Fsp3) is 0.0755. The minimum Gasteiger partial charge on any atom is -0.310 e. The molecule has 0 unspecified atom stereocenters. The summed E-state index contributed by atoms with van der Waals surface area (Å²) >= 11 is 0. The van der Waals surface area contributed by atoms with E-state index in [4.69, 9.17) is 4.98 Å². The van der Waals surface area contributed by atoms with Crippen LogP contribution in [0.1, 0.15) is 22.3 Å². The normalized spacial score (nSPS) is 11.2. The molecule has 0 atom stereocenters. The van der Waals surface area contributed by atoms with Gasteiger partial charge in [-0.2, -0.15) is 0 Å². The van der Waals surface area contributed by atoms with Crippen molar-refractivity contribution in [2.24, 2.45) is 0 Å². The minimum absolute atomic E-state index is 0.915. The summed E-state index contributed by atoms with van der Waals surface area (Å²) in [5.41, 5.74) is 17.8. The van der Waals surface area contributed by atoms with E-state index in [0.29, 0.717) is 0 Å². The fourth-order valence-corrected chi connectivity index (χ4v) is 7.56. The maximum absolute atomic E-state index is 5.14. The van der Waals surface area contributed by atoms with Crippen molar-refractivity contribution < 1.29 is 0 Å². The van der Waals surface area contributed by atoms with E-state index in [1.54, 1.807) is 0 Å². The number of benzene rings is 8. The minimum atomic E-state index is 0.915. The molecule has 0 spiro atoms. The molecular formula is C53H44N4.